The van der Waals surface area contributed by atoms with Gasteiger partial charge in [-0.2, -0.15) is 0 Å². The summed E-state index contributed by atoms with van der Waals surface area (Å²) >= 11 is 5.53. The summed E-state index contributed by atoms with van der Waals surface area (Å²) in [4.78, 5) is 24.5. The van der Waals surface area contributed by atoms with Gasteiger partial charge in [-0.05, 0) is 30.2 Å². The first-order valence-corrected chi connectivity index (χ1v) is 5.76. The van der Waals surface area contributed by atoms with Gasteiger partial charge in [0.25, 0.3) is 0 Å². The summed E-state index contributed by atoms with van der Waals surface area (Å²) in [5, 5.41) is -0.659. The normalized spacial score (nSPS) is 17.8. The van der Waals surface area contributed by atoms with Crippen LogP contribution in [0.4, 0.5) is 10.5 Å². The molecule has 5 heteroatoms. The summed E-state index contributed by atoms with van der Waals surface area (Å²) in [6, 6.07) is 6.68. The number of para-hydroxylation sites is 1. The van der Waals surface area contributed by atoms with Gasteiger partial charge in [0.2, 0.25) is 0 Å². The number of rotatable bonds is 2. The van der Waals surface area contributed by atoms with Crippen molar-refractivity contribution in [2.24, 2.45) is 0 Å². The third kappa shape index (κ3) is 2.13. The van der Waals surface area contributed by atoms with Crippen molar-refractivity contribution in [1.82, 2.24) is 0 Å². The second kappa shape index (κ2) is 4.75. The SMILES string of the molecule is CCOC(=O)C1Cc2ccccc2N1C(=O)Cl. The minimum Gasteiger partial charge on any atom is -0.464 e. The van der Waals surface area contributed by atoms with Crippen LogP contribution in [0.1, 0.15) is 12.5 Å². The van der Waals surface area contributed by atoms with Crippen LogP contribution in [0.15, 0.2) is 24.3 Å². The van der Waals surface area contributed by atoms with E-state index in [2.05, 4.69) is 0 Å². The van der Waals surface area contributed by atoms with Crippen LogP contribution in [0.2, 0.25) is 0 Å². The maximum absolute atomic E-state index is 11.8. The zero-order valence-corrected chi connectivity index (χ0v) is 10.1. The maximum atomic E-state index is 11.8. The molecule has 2 rings (SSSR count). The molecule has 1 heterocycles. The van der Waals surface area contributed by atoms with Crippen molar-refractivity contribution in [1.29, 1.82) is 0 Å². The predicted octanol–water partition coefficient (Wildman–Crippen LogP) is 2.34. The standard InChI is InChI=1S/C12H12ClNO3/c1-2-17-11(15)10-7-8-5-3-4-6-9(8)14(10)12(13)16/h3-6,10H,2,7H2,1H3. The number of anilines is 1. The second-order valence-electron chi connectivity index (χ2n) is 3.72. The highest BCUT2D eigenvalue weighted by Gasteiger charge is 2.38. The molecule has 0 spiro atoms. The van der Waals surface area contributed by atoms with Gasteiger partial charge in [0.1, 0.15) is 6.04 Å². The molecule has 1 aliphatic heterocycles. The number of esters is 1. The van der Waals surface area contributed by atoms with Crippen molar-refractivity contribution in [3.63, 3.8) is 0 Å². The smallest absolute Gasteiger partial charge is 0.329 e. The maximum Gasteiger partial charge on any atom is 0.329 e. The molecule has 1 unspecified atom stereocenters. The Hall–Kier alpha value is -1.55. The van der Waals surface area contributed by atoms with Gasteiger partial charge in [0, 0.05) is 12.1 Å². The molecule has 0 N–H and O–H groups in total. The molecule has 0 saturated heterocycles. The molecule has 0 aliphatic carbocycles. The average Bonchev–Trinajstić information content (AvgIpc) is 2.68. The summed E-state index contributed by atoms with van der Waals surface area (Å²) in [6.07, 6.45) is 0.452. The Labute approximate surface area is 104 Å². The molecule has 1 aliphatic rings. The number of hydrogen-bond donors (Lipinski definition) is 0. The number of carbonyl (C=O) groups is 2. The molecule has 1 aromatic carbocycles. The van der Waals surface area contributed by atoms with Crippen LogP contribution in [0.5, 0.6) is 0 Å². The van der Waals surface area contributed by atoms with E-state index >= 15 is 0 Å². The fourth-order valence-corrected chi connectivity index (χ4v) is 2.24. The Morgan fingerprint density at radius 2 is 2.18 bits per heavy atom. The summed E-state index contributed by atoms with van der Waals surface area (Å²) in [5.74, 6) is -0.419. The zero-order valence-electron chi connectivity index (χ0n) is 9.35. The van der Waals surface area contributed by atoms with E-state index in [4.69, 9.17) is 16.3 Å². The molecular weight excluding hydrogens is 242 g/mol. The van der Waals surface area contributed by atoms with Gasteiger partial charge < -0.3 is 4.74 Å². The third-order valence-electron chi connectivity index (χ3n) is 2.72. The van der Waals surface area contributed by atoms with Crippen LogP contribution in [0.3, 0.4) is 0 Å². The largest absolute Gasteiger partial charge is 0.464 e. The summed E-state index contributed by atoms with van der Waals surface area (Å²) in [5.41, 5.74) is 1.62. The number of carbonyl (C=O) groups excluding carboxylic acids is 2. The highest BCUT2D eigenvalue weighted by molar-refractivity contribution is 6.66. The fourth-order valence-electron chi connectivity index (χ4n) is 2.03. The number of amides is 1. The molecule has 90 valence electrons. The Bertz CT molecular complexity index is 461. The Balaban J connectivity index is 2.33. The molecule has 17 heavy (non-hydrogen) atoms. The van der Waals surface area contributed by atoms with Gasteiger partial charge >= 0.3 is 11.3 Å². The van der Waals surface area contributed by atoms with E-state index in [0.717, 1.165) is 5.56 Å². The molecule has 1 atom stereocenters. The van der Waals surface area contributed by atoms with Crippen molar-refractivity contribution in [3.8, 4) is 0 Å². The molecule has 1 aromatic rings. The average molecular weight is 254 g/mol. The highest BCUT2D eigenvalue weighted by atomic mass is 35.5. The Morgan fingerprint density at radius 3 is 2.82 bits per heavy atom. The monoisotopic (exact) mass is 253 g/mol. The van der Waals surface area contributed by atoms with E-state index in [1.807, 2.05) is 12.1 Å². The van der Waals surface area contributed by atoms with E-state index < -0.39 is 17.4 Å². The van der Waals surface area contributed by atoms with E-state index in [0.29, 0.717) is 12.1 Å². The summed E-state index contributed by atoms with van der Waals surface area (Å²) in [6.45, 7) is 2.02. The van der Waals surface area contributed by atoms with E-state index in [-0.39, 0.29) is 6.61 Å². The molecule has 0 saturated carbocycles. The first kappa shape index (κ1) is 11.9. The van der Waals surface area contributed by atoms with Gasteiger partial charge in [-0.1, -0.05) is 18.2 Å². The zero-order chi connectivity index (χ0) is 12.4. The fraction of sp³-hybridized carbons (Fsp3) is 0.333. The highest BCUT2D eigenvalue weighted by Crippen LogP contribution is 2.33. The van der Waals surface area contributed by atoms with E-state index in [1.54, 1.807) is 19.1 Å². The van der Waals surface area contributed by atoms with Gasteiger partial charge in [-0.25, -0.2) is 4.79 Å². The lowest BCUT2D eigenvalue weighted by Crippen LogP contribution is -2.41. The number of hydrogen-bond acceptors (Lipinski definition) is 3. The van der Waals surface area contributed by atoms with Crippen LogP contribution >= 0.6 is 11.6 Å². The molecular formula is C12H12ClNO3. The van der Waals surface area contributed by atoms with E-state index in [9.17, 15) is 9.59 Å². The topological polar surface area (TPSA) is 46.6 Å². The first-order valence-electron chi connectivity index (χ1n) is 5.38. The number of nitrogens with zero attached hydrogens (tertiary/aromatic N) is 1. The summed E-state index contributed by atoms with van der Waals surface area (Å²) in [7, 11) is 0. The number of fused-ring (bicyclic) bond motifs is 1. The second-order valence-corrected chi connectivity index (χ2v) is 4.05. The van der Waals surface area contributed by atoms with Gasteiger partial charge in [0.15, 0.2) is 0 Å². The van der Waals surface area contributed by atoms with Crippen molar-refractivity contribution in [2.45, 2.75) is 19.4 Å². The molecule has 0 bridgehead atoms. The van der Waals surface area contributed by atoms with Crippen molar-refractivity contribution in [3.05, 3.63) is 29.8 Å². The molecule has 0 radical (unpaired) electrons. The predicted molar refractivity (Wildman–Crippen MR) is 64.3 cm³/mol. The lowest BCUT2D eigenvalue weighted by Gasteiger charge is -2.20. The van der Waals surface area contributed by atoms with E-state index in [1.165, 1.54) is 4.90 Å². The number of halogens is 1. The van der Waals surface area contributed by atoms with Gasteiger partial charge in [0.05, 0.1) is 6.61 Å². The Morgan fingerprint density at radius 1 is 1.47 bits per heavy atom. The van der Waals surface area contributed by atoms with Crippen LogP contribution in [-0.2, 0) is 16.0 Å². The van der Waals surface area contributed by atoms with Crippen molar-refractivity contribution < 1.29 is 14.3 Å². The summed E-state index contributed by atoms with van der Waals surface area (Å²) < 4.78 is 4.95. The van der Waals surface area contributed by atoms with Crippen LogP contribution in [-0.4, -0.2) is 24.0 Å². The lowest BCUT2D eigenvalue weighted by molar-refractivity contribution is -0.144. The van der Waals surface area contributed by atoms with Crippen LogP contribution in [0.25, 0.3) is 0 Å². The minimum absolute atomic E-state index is 0.288. The first-order chi connectivity index (χ1) is 8.15. The van der Waals surface area contributed by atoms with Crippen molar-refractivity contribution in [2.75, 3.05) is 11.5 Å². The quantitative estimate of drug-likeness (QED) is 0.462. The molecule has 0 aromatic heterocycles. The Kier molecular flexibility index (Phi) is 3.33. The van der Waals surface area contributed by atoms with Gasteiger partial charge in [-0.3, -0.25) is 9.69 Å². The number of benzene rings is 1. The lowest BCUT2D eigenvalue weighted by atomic mass is 10.1. The molecule has 0 fully saturated rings. The number of ether oxygens (including phenoxy) is 1. The van der Waals surface area contributed by atoms with Crippen molar-refractivity contribution >= 4 is 28.6 Å². The van der Waals surface area contributed by atoms with Gasteiger partial charge in [-0.15, -0.1) is 0 Å². The molecule has 1 amide bonds. The van der Waals surface area contributed by atoms with Crippen LogP contribution < -0.4 is 4.90 Å². The molecule has 4 nitrogen and oxygen atoms in total. The minimum atomic E-state index is -0.659. The third-order valence-corrected chi connectivity index (χ3v) is 2.91. The van der Waals surface area contributed by atoms with Crippen LogP contribution in [0, 0.1) is 0 Å².